The van der Waals surface area contributed by atoms with Crippen molar-refractivity contribution in [1.82, 2.24) is 0 Å². The van der Waals surface area contributed by atoms with Crippen LogP contribution in [0.4, 0.5) is 11.4 Å². The Hall–Kier alpha value is -3.60. The van der Waals surface area contributed by atoms with Crippen molar-refractivity contribution >= 4 is 24.1 Å². The van der Waals surface area contributed by atoms with Gasteiger partial charge in [-0.3, -0.25) is 4.99 Å². The quantitative estimate of drug-likeness (QED) is 0.354. The highest BCUT2D eigenvalue weighted by molar-refractivity contribution is 5.75. The molecule has 0 aromatic heterocycles. The lowest BCUT2D eigenvalue weighted by molar-refractivity contribution is 0.330. The van der Waals surface area contributed by atoms with Crippen LogP contribution in [-0.4, -0.2) is 25.8 Å². The molecule has 0 aliphatic heterocycles. The number of hydrogen-bond acceptors (Lipinski definition) is 3. The van der Waals surface area contributed by atoms with Crippen molar-refractivity contribution in [2.24, 2.45) is 15.7 Å². The molecular formula is C22H22N4O. The molecule has 0 fully saturated rings. The molecule has 0 aliphatic carbocycles. The molecule has 0 spiro atoms. The molecule has 3 N–H and O–H groups in total. The summed E-state index contributed by atoms with van der Waals surface area (Å²) in [4.78, 5) is 7.86. The van der Waals surface area contributed by atoms with Gasteiger partial charge in [0.05, 0.1) is 12.9 Å². The zero-order valence-corrected chi connectivity index (χ0v) is 15.0. The highest BCUT2D eigenvalue weighted by Gasteiger charge is 2.08. The van der Waals surface area contributed by atoms with E-state index in [1.807, 2.05) is 54.6 Å². The summed E-state index contributed by atoms with van der Waals surface area (Å²) < 4.78 is 6.01. The van der Waals surface area contributed by atoms with Crippen LogP contribution in [0, 0.1) is 0 Å². The number of benzene rings is 3. The molecule has 5 nitrogen and oxygen atoms in total. The Morgan fingerprint density at radius 2 is 1.63 bits per heavy atom. The SMILES string of the molecule is NC=NC=NCCOc1cc(Nc2ccccc2)ccc1-c1ccccc1. The molecule has 0 saturated heterocycles. The third-order valence-corrected chi connectivity index (χ3v) is 3.84. The van der Waals surface area contributed by atoms with Gasteiger partial charge in [0.15, 0.2) is 0 Å². The first kappa shape index (κ1) is 18.2. The first-order valence-corrected chi connectivity index (χ1v) is 8.73. The number of aliphatic imine (C=N–C) groups is 2. The number of ether oxygens (including phenoxy) is 1. The largest absolute Gasteiger partial charge is 0.491 e. The van der Waals surface area contributed by atoms with Gasteiger partial charge in [-0.25, -0.2) is 4.99 Å². The minimum Gasteiger partial charge on any atom is -0.491 e. The van der Waals surface area contributed by atoms with E-state index in [2.05, 4.69) is 39.6 Å². The maximum Gasteiger partial charge on any atom is 0.129 e. The summed E-state index contributed by atoms with van der Waals surface area (Å²) in [6.45, 7) is 0.952. The number of hydrogen-bond donors (Lipinski definition) is 2. The molecule has 0 aliphatic rings. The molecule has 0 bridgehead atoms. The van der Waals surface area contributed by atoms with Gasteiger partial charge in [-0.15, -0.1) is 0 Å². The van der Waals surface area contributed by atoms with E-state index >= 15 is 0 Å². The molecule has 5 heteroatoms. The average Bonchev–Trinajstić information content (AvgIpc) is 2.72. The molecule has 0 saturated carbocycles. The Morgan fingerprint density at radius 1 is 0.889 bits per heavy atom. The molecular weight excluding hydrogens is 336 g/mol. The second kappa shape index (κ2) is 9.77. The van der Waals surface area contributed by atoms with Gasteiger partial charge >= 0.3 is 0 Å². The Balaban J connectivity index is 1.80. The van der Waals surface area contributed by atoms with Crippen LogP contribution < -0.4 is 15.8 Å². The highest BCUT2D eigenvalue weighted by atomic mass is 16.5. The van der Waals surface area contributed by atoms with Gasteiger partial charge in [0.2, 0.25) is 0 Å². The smallest absolute Gasteiger partial charge is 0.129 e. The van der Waals surface area contributed by atoms with E-state index in [0.717, 1.165) is 28.3 Å². The topological polar surface area (TPSA) is 72.0 Å². The van der Waals surface area contributed by atoms with E-state index in [9.17, 15) is 0 Å². The monoisotopic (exact) mass is 358 g/mol. The molecule has 0 amide bonds. The fourth-order valence-corrected chi connectivity index (χ4v) is 2.62. The first-order chi connectivity index (χ1) is 13.4. The van der Waals surface area contributed by atoms with Crippen LogP contribution in [0.1, 0.15) is 0 Å². The maximum atomic E-state index is 6.01. The van der Waals surface area contributed by atoms with Crippen molar-refractivity contribution in [3.63, 3.8) is 0 Å². The first-order valence-electron chi connectivity index (χ1n) is 8.73. The van der Waals surface area contributed by atoms with E-state index in [-0.39, 0.29) is 0 Å². The summed E-state index contributed by atoms with van der Waals surface area (Å²) in [6, 6.07) is 26.4. The molecule has 3 aromatic carbocycles. The van der Waals surface area contributed by atoms with Gasteiger partial charge < -0.3 is 15.8 Å². The summed E-state index contributed by atoms with van der Waals surface area (Å²) >= 11 is 0. The number of nitrogens with zero attached hydrogens (tertiary/aromatic N) is 2. The van der Waals surface area contributed by atoms with Crippen LogP contribution >= 0.6 is 0 Å². The summed E-state index contributed by atoms with van der Waals surface area (Å²) in [5.74, 6) is 0.805. The zero-order chi connectivity index (χ0) is 18.7. The van der Waals surface area contributed by atoms with Crippen LogP contribution in [0.15, 0.2) is 88.8 Å². The molecule has 0 radical (unpaired) electrons. The van der Waals surface area contributed by atoms with Crippen molar-refractivity contribution in [3.8, 4) is 16.9 Å². The standard InChI is InChI=1S/C22H22N4O/c23-16-25-17-24-13-14-27-22-15-20(26-19-9-5-2-6-10-19)11-12-21(22)18-7-3-1-4-8-18/h1-12,15-17,26H,13-14H2,(H2,23,24,25). The van der Waals surface area contributed by atoms with Crippen LogP contribution in [0.3, 0.4) is 0 Å². The van der Waals surface area contributed by atoms with Gasteiger partial charge in [0.25, 0.3) is 0 Å². The van der Waals surface area contributed by atoms with E-state index in [4.69, 9.17) is 10.5 Å². The Kier molecular flexibility index (Phi) is 6.59. The lowest BCUT2D eigenvalue weighted by atomic mass is 10.0. The minimum absolute atomic E-state index is 0.450. The van der Waals surface area contributed by atoms with Crippen molar-refractivity contribution in [2.75, 3.05) is 18.5 Å². The van der Waals surface area contributed by atoms with Gasteiger partial charge in [0, 0.05) is 23.0 Å². The summed E-state index contributed by atoms with van der Waals surface area (Å²) in [7, 11) is 0. The number of nitrogens with two attached hydrogens (primary N) is 1. The van der Waals surface area contributed by atoms with E-state index in [1.165, 1.54) is 12.7 Å². The lowest BCUT2D eigenvalue weighted by Crippen LogP contribution is -2.03. The number of nitrogens with one attached hydrogen (secondary N) is 1. The summed E-state index contributed by atoms with van der Waals surface area (Å²) in [6.07, 6.45) is 2.63. The molecule has 0 heterocycles. The average molecular weight is 358 g/mol. The van der Waals surface area contributed by atoms with Crippen molar-refractivity contribution in [2.45, 2.75) is 0 Å². The molecule has 3 rings (SSSR count). The van der Waals surface area contributed by atoms with Crippen LogP contribution in [0.25, 0.3) is 11.1 Å². The number of rotatable bonds is 8. The molecule has 0 atom stereocenters. The fourth-order valence-electron chi connectivity index (χ4n) is 2.62. The van der Waals surface area contributed by atoms with Gasteiger partial charge in [-0.2, -0.15) is 0 Å². The van der Waals surface area contributed by atoms with E-state index in [1.54, 1.807) is 0 Å². The predicted molar refractivity (Wildman–Crippen MR) is 113 cm³/mol. The summed E-state index contributed by atoms with van der Waals surface area (Å²) in [5, 5.41) is 3.40. The zero-order valence-electron chi connectivity index (χ0n) is 15.0. The molecule has 3 aromatic rings. The van der Waals surface area contributed by atoms with Crippen LogP contribution in [-0.2, 0) is 0 Å². The van der Waals surface area contributed by atoms with Crippen molar-refractivity contribution < 1.29 is 4.74 Å². The highest BCUT2D eigenvalue weighted by Crippen LogP contribution is 2.33. The second-order valence-corrected chi connectivity index (χ2v) is 5.74. The van der Waals surface area contributed by atoms with E-state index < -0.39 is 0 Å². The molecule has 136 valence electrons. The normalized spacial score (nSPS) is 11.1. The van der Waals surface area contributed by atoms with Gasteiger partial charge in [-0.1, -0.05) is 48.5 Å². The third kappa shape index (κ3) is 5.44. The number of para-hydroxylation sites is 1. The van der Waals surface area contributed by atoms with Crippen LogP contribution in [0.2, 0.25) is 0 Å². The molecule has 27 heavy (non-hydrogen) atoms. The maximum absolute atomic E-state index is 6.01. The van der Waals surface area contributed by atoms with Gasteiger partial charge in [-0.05, 0) is 29.8 Å². The Labute approximate surface area is 159 Å². The summed E-state index contributed by atoms with van der Waals surface area (Å²) in [5.41, 5.74) is 9.32. The second-order valence-electron chi connectivity index (χ2n) is 5.74. The van der Waals surface area contributed by atoms with Crippen molar-refractivity contribution in [3.05, 3.63) is 78.9 Å². The fraction of sp³-hybridized carbons (Fsp3) is 0.0909. The lowest BCUT2D eigenvalue weighted by Gasteiger charge is -2.14. The minimum atomic E-state index is 0.450. The predicted octanol–water partition coefficient (Wildman–Crippen LogP) is 4.49. The third-order valence-electron chi connectivity index (χ3n) is 3.84. The molecule has 0 unspecified atom stereocenters. The van der Waals surface area contributed by atoms with Crippen molar-refractivity contribution in [1.29, 1.82) is 0 Å². The van der Waals surface area contributed by atoms with Gasteiger partial charge in [0.1, 0.15) is 18.7 Å². The number of anilines is 2. The van der Waals surface area contributed by atoms with E-state index in [0.29, 0.717) is 13.2 Å². The van der Waals surface area contributed by atoms with Crippen LogP contribution in [0.5, 0.6) is 5.75 Å². The Morgan fingerprint density at radius 3 is 2.37 bits per heavy atom. The Bertz CT molecular complexity index is 893.